The fourth-order valence-corrected chi connectivity index (χ4v) is 4.25. The van der Waals surface area contributed by atoms with E-state index in [9.17, 15) is 13.6 Å². The van der Waals surface area contributed by atoms with Gasteiger partial charge in [0.15, 0.2) is 0 Å². The highest BCUT2D eigenvalue weighted by atomic mass is 19.1. The van der Waals surface area contributed by atoms with Crippen molar-refractivity contribution in [1.29, 1.82) is 0 Å². The molecule has 0 bridgehead atoms. The number of hydrogen-bond acceptors (Lipinski definition) is 4. The Labute approximate surface area is 207 Å². The quantitative estimate of drug-likeness (QED) is 0.342. The van der Waals surface area contributed by atoms with E-state index in [1.54, 1.807) is 35.1 Å². The number of ether oxygens (including phenoxy) is 2. The molecule has 3 aromatic carbocycles. The van der Waals surface area contributed by atoms with Gasteiger partial charge in [-0.2, -0.15) is 5.10 Å². The maximum Gasteiger partial charge on any atom is 0.226 e. The number of amides is 1. The first-order chi connectivity index (χ1) is 17.3. The van der Waals surface area contributed by atoms with Crippen molar-refractivity contribution in [3.05, 3.63) is 84.1 Å². The molecule has 0 spiro atoms. The van der Waals surface area contributed by atoms with Gasteiger partial charge in [0.1, 0.15) is 29.2 Å². The van der Waals surface area contributed by atoms with E-state index in [1.807, 2.05) is 26.0 Å². The van der Waals surface area contributed by atoms with Crippen LogP contribution in [0.1, 0.15) is 38.4 Å². The summed E-state index contributed by atoms with van der Waals surface area (Å²) in [7, 11) is 1.51. The van der Waals surface area contributed by atoms with Gasteiger partial charge >= 0.3 is 0 Å². The van der Waals surface area contributed by atoms with Gasteiger partial charge in [0.2, 0.25) is 5.91 Å². The lowest BCUT2D eigenvalue weighted by molar-refractivity contribution is -0.127. The van der Waals surface area contributed by atoms with Gasteiger partial charge in [-0.25, -0.2) is 13.5 Å². The molecule has 186 valence electrons. The molecule has 1 N–H and O–H groups in total. The number of carbonyl (C=O) groups is 1. The van der Waals surface area contributed by atoms with Crippen molar-refractivity contribution in [1.82, 2.24) is 15.1 Å². The second-order valence-corrected chi connectivity index (χ2v) is 9.50. The molecule has 1 heterocycles. The van der Waals surface area contributed by atoms with E-state index in [0.29, 0.717) is 17.1 Å². The van der Waals surface area contributed by atoms with Crippen molar-refractivity contribution in [2.24, 2.45) is 5.41 Å². The summed E-state index contributed by atoms with van der Waals surface area (Å²) in [5.74, 6) is 0.196. The minimum atomic E-state index is -0.716. The van der Waals surface area contributed by atoms with Gasteiger partial charge in [-0.1, -0.05) is 6.92 Å². The Morgan fingerprint density at radius 1 is 1.06 bits per heavy atom. The smallest absolute Gasteiger partial charge is 0.226 e. The van der Waals surface area contributed by atoms with Crippen LogP contribution in [0, 0.1) is 17.0 Å². The summed E-state index contributed by atoms with van der Waals surface area (Å²) >= 11 is 0. The van der Waals surface area contributed by atoms with Crippen LogP contribution in [0.3, 0.4) is 0 Å². The van der Waals surface area contributed by atoms with Crippen LogP contribution in [-0.2, 0) is 4.79 Å². The molecule has 6 nitrogen and oxygen atoms in total. The maximum atomic E-state index is 14.3. The number of carbonyl (C=O) groups excluding carboxylic acids is 1. The second-order valence-electron chi connectivity index (χ2n) is 9.50. The Bertz CT molecular complexity index is 1410. The Balaban J connectivity index is 1.47. The number of fused-ring (bicyclic) bond motifs is 1. The Morgan fingerprint density at radius 3 is 2.47 bits per heavy atom. The number of nitrogens with one attached hydrogen (secondary N) is 1. The first-order valence-corrected chi connectivity index (χ1v) is 11.8. The molecule has 1 amide bonds. The third kappa shape index (κ3) is 4.63. The molecule has 0 radical (unpaired) electrons. The van der Waals surface area contributed by atoms with E-state index in [4.69, 9.17) is 9.47 Å². The molecule has 0 saturated heterocycles. The normalized spacial score (nSPS) is 15.8. The average Bonchev–Trinajstić information content (AvgIpc) is 3.49. The summed E-state index contributed by atoms with van der Waals surface area (Å²) in [6.07, 6.45) is 2.67. The molecular formula is C28H27F2N3O3. The summed E-state index contributed by atoms with van der Waals surface area (Å²) in [5, 5.41) is 8.29. The molecule has 0 unspecified atom stereocenters. The van der Waals surface area contributed by atoms with Crippen LogP contribution >= 0.6 is 0 Å². The van der Waals surface area contributed by atoms with Crippen LogP contribution < -0.4 is 14.8 Å². The number of methoxy groups -OCH3 is 1. The topological polar surface area (TPSA) is 65.4 Å². The van der Waals surface area contributed by atoms with Crippen LogP contribution in [0.25, 0.3) is 16.6 Å². The molecule has 1 aromatic heterocycles. The predicted octanol–water partition coefficient (Wildman–Crippen LogP) is 5.74. The molecule has 36 heavy (non-hydrogen) atoms. The van der Waals surface area contributed by atoms with Crippen molar-refractivity contribution < 1.29 is 23.0 Å². The number of nitrogens with zero attached hydrogens (tertiary/aromatic N) is 2. The molecule has 2 atom stereocenters. The minimum absolute atomic E-state index is 0.0463. The molecule has 4 aromatic rings. The zero-order valence-electron chi connectivity index (χ0n) is 20.3. The molecule has 1 aliphatic carbocycles. The summed E-state index contributed by atoms with van der Waals surface area (Å²) in [5.41, 5.74) is 1.68. The van der Waals surface area contributed by atoms with Crippen LogP contribution in [0.4, 0.5) is 8.78 Å². The van der Waals surface area contributed by atoms with E-state index in [2.05, 4.69) is 10.4 Å². The minimum Gasteiger partial charge on any atom is -0.496 e. The standard InChI is InChI=1S/C28H27F2N3O3/c1-17(32-27(34)28(2)12-13-28)26(23-15-20(30)6-11-25(23)35-3)36-22-9-10-24-18(14-22)16-31-33(24)21-7-4-19(29)5-8-21/h4-11,14-17,26H,12-13H2,1-3H3,(H,32,34)/t17-,26-/m1/s1. The highest BCUT2D eigenvalue weighted by molar-refractivity contribution is 5.85. The molecule has 1 saturated carbocycles. The van der Waals surface area contributed by atoms with Crippen molar-refractivity contribution in [2.45, 2.75) is 38.8 Å². The van der Waals surface area contributed by atoms with E-state index < -0.39 is 18.0 Å². The number of hydrogen-bond donors (Lipinski definition) is 1. The molecule has 1 fully saturated rings. The summed E-state index contributed by atoms with van der Waals surface area (Å²) in [6.45, 7) is 3.77. The van der Waals surface area contributed by atoms with Gasteiger partial charge in [0.25, 0.3) is 0 Å². The summed E-state index contributed by atoms with van der Waals surface area (Å²) < 4.78 is 41.2. The fraction of sp³-hybridized carbons (Fsp3) is 0.286. The van der Waals surface area contributed by atoms with Gasteiger partial charge in [0, 0.05) is 16.4 Å². The molecular weight excluding hydrogens is 464 g/mol. The number of benzene rings is 3. The number of rotatable bonds is 8. The molecule has 5 rings (SSSR count). The molecule has 0 aliphatic heterocycles. The van der Waals surface area contributed by atoms with Crippen molar-refractivity contribution in [2.75, 3.05) is 7.11 Å². The first-order valence-electron chi connectivity index (χ1n) is 11.8. The van der Waals surface area contributed by atoms with E-state index in [1.165, 1.54) is 31.4 Å². The number of aromatic nitrogens is 2. The Morgan fingerprint density at radius 2 is 1.78 bits per heavy atom. The molecule has 1 aliphatic rings. The van der Waals surface area contributed by atoms with Gasteiger partial charge < -0.3 is 14.8 Å². The third-order valence-corrected chi connectivity index (χ3v) is 6.73. The average molecular weight is 492 g/mol. The highest BCUT2D eigenvalue weighted by Crippen LogP contribution is 2.45. The Kier molecular flexibility index (Phi) is 6.12. The van der Waals surface area contributed by atoms with Gasteiger partial charge in [-0.3, -0.25) is 4.79 Å². The third-order valence-electron chi connectivity index (χ3n) is 6.73. The van der Waals surface area contributed by atoms with Gasteiger partial charge in [-0.05, 0) is 80.4 Å². The first kappa shape index (κ1) is 23.8. The number of halogens is 2. The predicted molar refractivity (Wildman–Crippen MR) is 132 cm³/mol. The van der Waals surface area contributed by atoms with Crippen molar-refractivity contribution in [3.8, 4) is 17.2 Å². The SMILES string of the molecule is COc1ccc(F)cc1[C@H](Oc1ccc2c(cnn2-c2ccc(F)cc2)c1)[C@@H](C)NC(=O)C1(C)CC1. The van der Waals surface area contributed by atoms with Crippen LogP contribution in [-0.4, -0.2) is 28.8 Å². The largest absolute Gasteiger partial charge is 0.496 e. The summed E-state index contributed by atoms with van der Waals surface area (Å²) in [6, 6.07) is 15.3. The van der Waals surface area contributed by atoms with E-state index >= 15 is 0 Å². The van der Waals surface area contributed by atoms with Gasteiger partial charge in [-0.15, -0.1) is 0 Å². The van der Waals surface area contributed by atoms with E-state index in [0.717, 1.165) is 29.4 Å². The summed E-state index contributed by atoms with van der Waals surface area (Å²) in [4.78, 5) is 12.8. The lowest BCUT2D eigenvalue weighted by Gasteiger charge is -2.28. The maximum absolute atomic E-state index is 14.3. The molecule has 8 heteroatoms. The van der Waals surface area contributed by atoms with Gasteiger partial charge in [0.05, 0.1) is 30.6 Å². The van der Waals surface area contributed by atoms with Crippen molar-refractivity contribution in [3.63, 3.8) is 0 Å². The lowest BCUT2D eigenvalue weighted by Crippen LogP contribution is -2.42. The zero-order valence-corrected chi connectivity index (χ0v) is 20.3. The fourth-order valence-electron chi connectivity index (χ4n) is 4.25. The second kappa shape index (κ2) is 9.26. The Hall–Kier alpha value is -3.94. The monoisotopic (exact) mass is 491 g/mol. The van der Waals surface area contributed by atoms with Crippen LogP contribution in [0.2, 0.25) is 0 Å². The highest BCUT2D eigenvalue weighted by Gasteiger charge is 2.45. The van der Waals surface area contributed by atoms with Crippen LogP contribution in [0.15, 0.2) is 66.9 Å². The van der Waals surface area contributed by atoms with Crippen molar-refractivity contribution >= 4 is 16.8 Å². The zero-order chi connectivity index (χ0) is 25.4. The lowest BCUT2D eigenvalue weighted by atomic mass is 10.00. The van der Waals surface area contributed by atoms with Crippen LogP contribution in [0.5, 0.6) is 11.5 Å². The van der Waals surface area contributed by atoms with E-state index in [-0.39, 0.29) is 17.1 Å².